The van der Waals surface area contributed by atoms with Crippen molar-refractivity contribution in [3.8, 4) is 0 Å². The molecule has 1 N–H and O–H groups in total. The van der Waals surface area contributed by atoms with Crippen molar-refractivity contribution in [3.05, 3.63) is 16.4 Å². The molecule has 2 rings (SSSR count). The Labute approximate surface area is 112 Å². The van der Waals surface area contributed by atoms with E-state index in [-0.39, 0.29) is 18.5 Å². The predicted molar refractivity (Wildman–Crippen MR) is 71.2 cm³/mol. The second-order valence-electron chi connectivity index (χ2n) is 4.97. The van der Waals surface area contributed by atoms with Gasteiger partial charge in [-0.15, -0.1) is 0 Å². The van der Waals surface area contributed by atoms with Gasteiger partial charge in [0, 0.05) is 19.6 Å². The normalized spacial score (nSPS) is 16.5. The minimum Gasteiger partial charge on any atom is -0.395 e. The molecule has 0 radical (unpaired) electrons. The minimum atomic E-state index is -0.456. The Balaban J connectivity index is 2.32. The zero-order chi connectivity index (χ0) is 13.8. The molecule has 7 nitrogen and oxygen atoms in total. The van der Waals surface area contributed by atoms with Gasteiger partial charge in [-0.05, 0) is 22.7 Å². The topological polar surface area (TPSA) is 84.4 Å². The SMILES string of the molecule is Cn1cnc([N+](=O)[O-])c1N(CCO)C1CCCCC1. The quantitative estimate of drug-likeness (QED) is 0.645. The third-order valence-electron chi connectivity index (χ3n) is 3.69. The Morgan fingerprint density at radius 2 is 2.21 bits per heavy atom. The van der Waals surface area contributed by atoms with Gasteiger partial charge in [-0.1, -0.05) is 19.3 Å². The Kier molecular flexibility index (Phi) is 4.36. The van der Waals surface area contributed by atoms with E-state index in [1.807, 2.05) is 4.90 Å². The number of rotatable bonds is 5. The van der Waals surface area contributed by atoms with E-state index in [1.165, 1.54) is 12.7 Å². The summed E-state index contributed by atoms with van der Waals surface area (Å²) in [6.07, 6.45) is 6.98. The number of hydrogen-bond acceptors (Lipinski definition) is 5. The first kappa shape index (κ1) is 13.8. The van der Waals surface area contributed by atoms with Crippen LogP contribution in [0.1, 0.15) is 32.1 Å². The average molecular weight is 268 g/mol. The van der Waals surface area contributed by atoms with Gasteiger partial charge in [-0.25, -0.2) is 0 Å². The highest BCUT2D eigenvalue weighted by Gasteiger charge is 2.30. The fourth-order valence-corrected chi connectivity index (χ4v) is 2.83. The fraction of sp³-hybridized carbons (Fsp3) is 0.750. The molecule has 1 heterocycles. The van der Waals surface area contributed by atoms with Crippen molar-refractivity contribution in [1.82, 2.24) is 9.55 Å². The van der Waals surface area contributed by atoms with Crippen LogP contribution in [0, 0.1) is 10.1 Å². The van der Waals surface area contributed by atoms with Gasteiger partial charge < -0.3 is 20.1 Å². The van der Waals surface area contributed by atoms with Crippen molar-refractivity contribution in [1.29, 1.82) is 0 Å². The van der Waals surface area contributed by atoms with Gasteiger partial charge in [0.25, 0.3) is 0 Å². The smallest absolute Gasteiger partial charge is 0.395 e. The first-order valence-electron chi connectivity index (χ1n) is 6.68. The molecule has 0 atom stereocenters. The molecule has 0 aromatic carbocycles. The number of aromatic nitrogens is 2. The van der Waals surface area contributed by atoms with E-state index in [1.54, 1.807) is 11.6 Å². The lowest BCUT2D eigenvalue weighted by Crippen LogP contribution is -2.40. The molecule has 1 aromatic heterocycles. The predicted octanol–water partition coefficient (Wildman–Crippen LogP) is 1.46. The van der Waals surface area contributed by atoms with Crippen LogP contribution in [0.4, 0.5) is 11.6 Å². The Bertz CT molecular complexity index is 440. The lowest BCUT2D eigenvalue weighted by atomic mass is 9.94. The maximum atomic E-state index is 11.1. The highest BCUT2D eigenvalue weighted by Crippen LogP contribution is 2.32. The van der Waals surface area contributed by atoms with Crippen LogP contribution in [-0.2, 0) is 7.05 Å². The maximum Gasteiger partial charge on any atom is 0.406 e. The van der Waals surface area contributed by atoms with Gasteiger partial charge >= 0.3 is 5.82 Å². The van der Waals surface area contributed by atoms with Crippen molar-refractivity contribution >= 4 is 11.6 Å². The molecule has 19 heavy (non-hydrogen) atoms. The molecular formula is C12H20N4O3. The van der Waals surface area contributed by atoms with Crippen LogP contribution in [0.15, 0.2) is 6.33 Å². The first-order chi connectivity index (χ1) is 9.15. The van der Waals surface area contributed by atoms with Crippen molar-refractivity contribution in [2.24, 2.45) is 7.05 Å². The molecule has 0 aliphatic heterocycles. The van der Waals surface area contributed by atoms with Crippen LogP contribution in [0.2, 0.25) is 0 Å². The number of nitrogens with zero attached hydrogens (tertiary/aromatic N) is 4. The second-order valence-corrected chi connectivity index (χ2v) is 4.97. The Hall–Kier alpha value is -1.63. The van der Waals surface area contributed by atoms with Gasteiger partial charge in [0.15, 0.2) is 0 Å². The average Bonchev–Trinajstić information content (AvgIpc) is 2.79. The summed E-state index contributed by atoms with van der Waals surface area (Å²) in [5.74, 6) is 0.382. The highest BCUT2D eigenvalue weighted by atomic mass is 16.6. The van der Waals surface area contributed by atoms with E-state index in [0.29, 0.717) is 12.4 Å². The van der Waals surface area contributed by atoms with Gasteiger partial charge in [0.05, 0.1) is 6.61 Å². The van der Waals surface area contributed by atoms with Crippen molar-refractivity contribution in [3.63, 3.8) is 0 Å². The van der Waals surface area contributed by atoms with Crippen LogP contribution >= 0.6 is 0 Å². The number of aliphatic hydroxyl groups excluding tert-OH is 1. The zero-order valence-electron chi connectivity index (χ0n) is 11.2. The molecular weight excluding hydrogens is 248 g/mol. The van der Waals surface area contributed by atoms with Crippen molar-refractivity contribution in [2.75, 3.05) is 18.1 Å². The van der Waals surface area contributed by atoms with E-state index < -0.39 is 4.92 Å². The van der Waals surface area contributed by atoms with Crippen LogP contribution in [-0.4, -0.2) is 38.8 Å². The fourth-order valence-electron chi connectivity index (χ4n) is 2.83. The largest absolute Gasteiger partial charge is 0.406 e. The number of anilines is 1. The van der Waals surface area contributed by atoms with Crippen molar-refractivity contribution < 1.29 is 10.0 Å². The summed E-state index contributed by atoms with van der Waals surface area (Å²) in [6.45, 7) is 0.393. The zero-order valence-corrected chi connectivity index (χ0v) is 11.2. The minimum absolute atomic E-state index is 0.0150. The molecule has 0 amide bonds. The third kappa shape index (κ3) is 2.86. The molecule has 7 heteroatoms. The van der Waals surface area contributed by atoms with Crippen LogP contribution in [0.5, 0.6) is 0 Å². The molecule has 1 aromatic rings. The molecule has 106 valence electrons. The Morgan fingerprint density at radius 3 is 2.79 bits per heavy atom. The van der Waals surface area contributed by atoms with Crippen LogP contribution in [0.3, 0.4) is 0 Å². The van der Waals surface area contributed by atoms with E-state index in [4.69, 9.17) is 0 Å². The molecule has 0 saturated heterocycles. The summed E-state index contributed by atoms with van der Waals surface area (Å²) in [6, 6.07) is 0.259. The van der Waals surface area contributed by atoms with E-state index in [9.17, 15) is 15.2 Å². The van der Waals surface area contributed by atoms with Crippen molar-refractivity contribution in [2.45, 2.75) is 38.1 Å². The van der Waals surface area contributed by atoms with Crippen LogP contribution < -0.4 is 4.90 Å². The second kappa shape index (κ2) is 6.01. The molecule has 0 bridgehead atoms. The first-order valence-corrected chi connectivity index (χ1v) is 6.68. The monoisotopic (exact) mass is 268 g/mol. The number of nitro groups is 1. The standard InChI is InChI=1S/C12H20N4O3/c1-14-9-13-11(16(18)19)12(14)15(7-8-17)10-5-3-2-4-6-10/h9-10,17H,2-8H2,1H3. The van der Waals surface area contributed by atoms with Gasteiger partial charge in [0.1, 0.15) is 0 Å². The van der Waals surface area contributed by atoms with Gasteiger partial charge in [-0.2, -0.15) is 0 Å². The highest BCUT2D eigenvalue weighted by molar-refractivity contribution is 5.55. The lowest BCUT2D eigenvalue weighted by molar-refractivity contribution is -0.388. The molecule has 1 saturated carbocycles. The van der Waals surface area contributed by atoms with E-state index in [2.05, 4.69) is 4.98 Å². The molecule has 1 aliphatic carbocycles. The molecule has 1 fully saturated rings. The summed E-state index contributed by atoms with van der Waals surface area (Å²) >= 11 is 0. The number of aryl methyl sites for hydroxylation is 1. The molecule has 0 spiro atoms. The summed E-state index contributed by atoms with van der Waals surface area (Å²) in [5, 5.41) is 20.3. The maximum absolute atomic E-state index is 11.1. The third-order valence-corrected chi connectivity index (χ3v) is 3.69. The van der Waals surface area contributed by atoms with E-state index >= 15 is 0 Å². The summed E-state index contributed by atoms with van der Waals surface area (Å²) in [4.78, 5) is 16.4. The molecule has 1 aliphatic rings. The summed E-state index contributed by atoms with van der Waals surface area (Å²) < 4.78 is 1.67. The summed E-state index contributed by atoms with van der Waals surface area (Å²) in [5.41, 5.74) is 0. The van der Waals surface area contributed by atoms with Gasteiger partial charge in [0.2, 0.25) is 12.1 Å². The lowest BCUT2D eigenvalue weighted by Gasteiger charge is -2.34. The van der Waals surface area contributed by atoms with Gasteiger partial charge in [-0.3, -0.25) is 4.57 Å². The summed E-state index contributed by atoms with van der Waals surface area (Å²) in [7, 11) is 1.75. The number of hydrogen-bond donors (Lipinski definition) is 1. The number of aliphatic hydroxyl groups is 1. The molecule has 0 unspecified atom stereocenters. The number of imidazole rings is 1. The van der Waals surface area contributed by atoms with Crippen LogP contribution in [0.25, 0.3) is 0 Å². The Morgan fingerprint density at radius 1 is 1.53 bits per heavy atom. The van der Waals surface area contributed by atoms with E-state index in [0.717, 1.165) is 25.7 Å².